The van der Waals surface area contributed by atoms with E-state index in [0.29, 0.717) is 11.3 Å². The topological polar surface area (TPSA) is 41.1 Å². The molecule has 0 aliphatic rings. The Balaban J connectivity index is 2.67. The van der Waals surface area contributed by atoms with Gasteiger partial charge in [-0.15, -0.1) is 6.58 Å². The highest BCUT2D eigenvalue weighted by atomic mass is 19.4. The summed E-state index contributed by atoms with van der Waals surface area (Å²) in [6, 6.07) is 5.95. The predicted octanol–water partition coefficient (Wildman–Crippen LogP) is 3.49. The number of anilines is 1. The van der Waals surface area contributed by atoms with E-state index in [1.807, 2.05) is 0 Å². The van der Waals surface area contributed by atoms with Gasteiger partial charge >= 0.3 is 12.2 Å². The molecule has 0 saturated carbocycles. The summed E-state index contributed by atoms with van der Waals surface area (Å²) >= 11 is 0. The third-order valence-electron chi connectivity index (χ3n) is 2.35. The largest absolute Gasteiger partial charge is 0.389 e. The molecule has 1 aromatic carbocycles. The first kappa shape index (κ1) is 15.1. The highest BCUT2D eigenvalue weighted by molar-refractivity contribution is 5.90. The Kier molecular flexibility index (Phi) is 5.41. The van der Waals surface area contributed by atoms with Crippen molar-refractivity contribution in [1.29, 1.82) is 0 Å². The molecule has 0 aliphatic heterocycles. The minimum Gasteiger partial charge on any atom is -0.334 e. The van der Waals surface area contributed by atoms with Gasteiger partial charge in [-0.05, 0) is 18.1 Å². The first-order valence-corrected chi connectivity index (χ1v) is 5.73. The molecule has 0 unspecified atom stereocenters. The zero-order chi connectivity index (χ0) is 14.3. The number of hydrogen-bond donors (Lipinski definition) is 2. The van der Waals surface area contributed by atoms with E-state index in [0.717, 1.165) is 0 Å². The lowest BCUT2D eigenvalue weighted by molar-refractivity contribution is -0.133. The third-order valence-corrected chi connectivity index (χ3v) is 2.35. The molecular formula is C13H15F3N2O. The maximum atomic E-state index is 12.2. The van der Waals surface area contributed by atoms with Crippen molar-refractivity contribution < 1.29 is 18.0 Å². The van der Waals surface area contributed by atoms with Gasteiger partial charge < -0.3 is 10.6 Å². The van der Waals surface area contributed by atoms with Crippen LogP contribution in [0, 0.1) is 0 Å². The number of urea groups is 1. The van der Waals surface area contributed by atoms with Crippen LogP contribution in [0.25, 0.3) is 0 Å². The SMILES string of the molecule is C=CCNC(=O)Nc1ccccc1CCC(F)(F)F. The van der Waals surface area contributed by atoms with Crippen LogP contribution in [0.2, 0.25) is 0 Å². The van der Waals surface area contributed by atoms with Gasteiger partial charge in [-0.3, -0.25) is 0 Å². The third kappa shape index (κ3) is 5.94. The maximum absolute atomic E-state index is 12.2. The molecule has 0 atom stereocenters. The molecule has 19 heavy (non-hydrogen) atoms. The van der Waals surface area contributed by atoms with Crippen LogP contribution >= 0.6 is 0 Å². The van der Waals surface area contributed by atoms with Crippen LogP contribution in [0.5, 0.6) is 0 Å². The first-order valence-electron chi connectivity index (χ1n) is 5.73. The summed E-state index contributed by atoms with van der Waals surface area (Å²) in [5.74, 6) is 0. The number of nitrogens with one attached hydrogen (secondary N) is 2. The van der Waals surface area contributed by atoms with E-state index in [4.69, 9.17) is 0 Å². The monoisotopic (exact) mass is 272 g/mol. The number of alkyl halides is 3. The molecule has 2 N–H and O–H groups in total. The van der Waals surface area contributed by atoms with Gasteiger partial charge in [-0.25, -0.2) is 4.79 Å². The smallest absolute Gasteiger partial charge is 0.334 e. The fraction of sp³-hybridized carbons (Fsp3) is 0.308. The summed E-state index contributed by atoms with van der Waals surface area (Å²) in [6.07, 6.45) is -3.78. The number of amides is 2. The van der Waals surface area contributed by atoms with Crippen LogP contribution in [-0.4, -0.2) is 18.8 Å². The Morgan fingerprint density at radius 1 is 1.32 bits per heavy atom. The van der Waals surface area contributed by atoms with Crippen LogP contribution in [0.15, 0.2) is 36.9 Å². The molecule has 0 saturated heterocycles. The minimum absolute atomic E-state index is 0.165. The highest BCUT2D eigenvalue weighted by Gasteiger charge is 2.26. The van der Waals surface area contributed by atoms with Crippen LogP contribution < -0.4 is 10.6 Å². The summed E-state index contributed by atoms with van der Waals surface area (Å²) in [5, 5.41) is 5.01. The number of carbonyl (C=O) groups is 1. The maximum Gasteiger partial charge on any atom is 0.389 e. The zero-order valence-electron chi connectivity index (χ0n) is 10.3. The minimum atomic E-state index is -4.21. The molecule has 0 fully saturated rings. The van der Waals surface area contributed by atoms with Gasteiger partial charge in [0.2, 0.25) is 0 Å². The van der Waals surface area contributed by atoms with Crippen LogP contribution in [0.1, 0.15) is 12.0 Å². The molecule has 0 radical (unpaired) electrons. The van der Waals surface area contributed by atoms with Crippen molar-refractivity contribution in [2.24, 2.45) is 0 Å². The Morgan fingerprint density at radius 2 is 2.00 bits per heavy atom. The lowest BCUT2D eigenvalue weighted by atomic mass is 10.1. The number of aryl methyl sites for hydroxylation is 1. The number of halogens is 3. The van der Waals surface area contributed by atoms with Crippen molar-refractivity contribution in [3.63, 3.8) is 0 Å². The fourth-order valence-corrected chi connectivity index (χ4v) is 1.47. The summed E-state index contributed by atoms with van der Waals surface area (Å²) in [6.45, 7) is 3.73. The Labute approximate surface area is 109 Å². The lowest BCUT2D eigenvalue weighted by Crippen LogP contribution is -2.29. The molecule has 1 rings (SSSR count). The molecule has 0 aromatic heterocycles. The Hall–Kier alpha value is -1.98. The standard InChI is InChI=1S/C13H15F3N2O/c1-2-9-17-12(19)18-11-6-4-3-5-10(11)7-8-13(14,15)16/h2-6H,1,7-9H2,(H2,17,18,19). The average molecular weight is 272 g/mol. The van der Waals surface area contributed by atoms with E-state index >= 15 is 0 Å². The van der Waals surface area contributed by atoms with Gasteiger partial charge in [0, 0.05) is 18.7 Å². The number of carbonyl (C=O) groups excluding carboxylic acids is 1. The van der Waals surface area contributed by atoms with E-state index in [-0.39, 0.29) is 13.0 Å². The molecule has 1 aromatic rings. The summed E-state index contributed by atoms with van der Waals surface area (Å²) in [7, 11) is 0. The van der Waals surface area contributed by atoms with E-state index in [1.54, 1.807) is 24.3 Å². The quantitative estimate of drug-likeness (QED) is 0.791. The fourth-order valence-electron chi connectivity index (χ4n) is 1.47. The highest BCUT2D eigenvalue weighted by Crippen LogP contribution is 2.25. The normalized spacial score (nSPS) is 10.9. The second kappa shape index (κ2) is 6.82. The van der Waals surface area contributed by atoms with E-state index in [2.05, 4.69) is 17.2 Å². The van der Waals surface area contributed by atoms with Gasteiger partial charge in [0.25, 0.3) is 0 Å². The van der Waals surface area contributed by atoms with Crippen LogP contribution in [0.3, 0.4) is 0 Å². The molecule has 3 nitrogen and oxygen atoms in total. The van der Waals surface area contributed by atoms with Crippen LogP contribution in [0.4, 0.5) is 23.7 Å². The van der Waals surface area contributed by atoms with Crippen molar-refractivity contribution in [3.05, 3.63) is 42.5 Å². The van der Waals surface area contributed by atoms with Crippen molar-refractivity contribution in [2.75, 3.05) is 11.9 Å². The van der Waals surface area contributed by atoms with Gasteiger partial charge in [-0.2, -0.15) is 13.2 Å². The predicted molar refractivity (Wildman–Crippen MR) is 68.0 cm³/mol. The second-order valence-corrected chi connectivity index (χ2v) is 3.90. The zero-order valence-corrected chi connectivity index (χ0v) is 10.3. The Bertz CT molecular complexity index is 444. The molecule has 6 heteroatoms. The van der Waals surface area contributed by atoms with E-state index in [9.17, 15) is 18.0 Å². The van der Waals surface area contributed by atoms with E-state index < -0.39 is 18.6 Å². The summed E-state index contributed by atoms with van der Waals surface area (Å²) < 4.78 is 36.6. The molecular weight excluding hydrogens is 257 g/mol. The van der Waals surface area contributed by atoms with Gasteiger partial charge in [-0.1, -0.05) is 24.3 Å². The Morgan fingerprint density at radius 3 is 2.63 bits per heavy atom. The molecule has 104 valence electrons. The van der Waals surface area contributed by atoms with Crippen molar-refractivity contribution in [2.45, 2.75) is 19.0 Å². The number of para-hydroxylation sites is 1. The van der Waals surface area contributed by atoms with Crippen molar-refractivity contribution in [3.8, 4) is 0 Å². The van der Waals surface area contributed by atoms with Gasteiger partial charge in [0.15, 0.2) is 0 Å². The molecule has 2 amide bonds. The summed E-state index contributed by atoms with van der Waals surface area (Å²) in [4.78, 5) is 11.4. The van der Waals surface area contributed by atoms with Gasteiger partial charge in [0.05, 0.1) is 0 Å². The average Bonchev–Trinajstić information content (AvgIpc) is 2.34. The van der Waals surface area contributed by atoms with Crippen molar-refractivity contribution in [1.82, 2.24) is 5.32 Å². The molecule has 0 spiro atoms. The molecule has 0 bridgehead atoms. The lowest BCUT2D eigenvalue weighted by Gasteiger charge is -2.12. The van der Waals surface area contributed by atoms with Crippen LogP contribution in [-0.2, 0) is 6.42 Å². The van der Waals surface area contributed by atoms with E-state index in [1.165, 1.54) is 6.08 Å². The van der Waals surface area contributed by atoms with Crippen molar-refractivity contribution >= 4 is 11.7 Å². The number of hydrogen-bond acceptors (Lipinski definition) is 1. The number of rotatable bonds is 5. The first-order chi connectivity index (χ1) is 8.92. The molecule has 0 heterocycles. The van der Waals surface area contributed by atoms with Gasteiger partial charge in [0.1, 0.15) is 0 Å². The second-order valence-electron chi connectivity index (χ2n) is 3.90. The summed E-state index contributed by atoms with van der Waals surface area (Å²) in [5.41, 5.74) is 0.835. The number of benzene rings is 1. The molecule has 0 aliphatic carbocycles.